The van der Waals surface area contributed by atoms with E-state index in [4.69, 9.17) is 4.98 Å². The minimum absolute atomic E-state index is 0.777. The molecule has 0 amide bonds. The van der Waals surface area contributed by atoms with Gasteiger partial charge in [0, 0.05) is 47.1 Å². The van der Waals surface area contributed by atoms with E-state index >= 15 is 0 Å². The molecule has 1 aromatic heterocycles. The zero-order chi connectivity index (χ0) is 36.3. The van der Waals surface area contributed by atoms with Crippen molar-refractivity contribution in [1.29, 1.82) is 0 Å². The second-order valence-corrected chi connectivity index (χ2v) is 13.4. The zero-order valence-corrected chi connectivity index (χ0v) is 30.1. The molecule has 9 rings (SSSR count). The number of aromatic nitrogens is 1. The van der Waals surface area contributed by atoms with Crippen molar-refractivity contribution >= 4 is 51.3 Å². The molecule has 1 aliphatic rings. The Morgan fingerprint density at radius 2 is 0.963 bits per heavy atom. The second-order valence-electron chi connectivity index (χ2n) is 13.4. The van der Waals surface area contributed by atoms with Crippen LogP contribution in [-0.2, 0) is 0 Å². The third kappa shape index (κ3) is 6.22. The zero-order valence-electron chi connectivity index (χ0n) is 30.1. The summed E-state index contributed by atoms with van der Waals surface area (Å²) in [6, 6.07) is 70.9. The van der Waals surface area contributed by atoms with E-state index in [0.29, 0.717) is 0 Å². The maximum atomic E-state index is 4.89. The van der Waals surface area contributed by atoms with E-state index in [0.717, 1.165) is 68.9 Å². The Morgan fingerprint density at radius 1 is 0.444 bits per heavy atom. The average Bonchev–Trinajstić information content (AvgIpc) is 3.59. The molecule has 0 aliphatic carbocycles. The van der Waals surface area contributed by atoms with Gasteiger partial charge in [-0.25, -0.2) is 4.98 Å². The third-order valence-corrected chi connectivity index (χ3v) is 10.0. The maximum Gasteiger partial charge on any atom is 0.137 e. The van der Waals surface area contributed by atoms with Gasteiger partial charge in [0.05, 0.1) is 29.4 Å². The highest BCUT2D eigenvalue weighted by Gasteiger charge is 2.26. The van der Waals surface area contributed by atoms with Crippen LogP contribution in [-0.4, -0.2) is 18.7 Å². The minimum atomic E-state index is 0.777. The third-order valence-electron chi connectivity index (χ3n) is 10.0. The Balaban J connectivity index is 1.23. The van der Waals surface area contributed by atoms with Gasteiger partial charge in [-0.2, -0.15) is 0 Å². The molecule has 0 saturated heterocycles. The molecule has 7 aromatic carbocycles. The predicted molar refractivity (Wildman–Crippen MR) is 226 cm³/mol. The largest absolute Gasteiger partial charge is 0.355 e. The summed E-state index contributed by atoms with van der Waals surface area (Å²) < 4.78 is 0. The summed E-state index contributed by atoms with van der Waals surface area (Å²) >= 11 is 0. The first-order chi connectivity index (χ1) is 26.7. The van der Waals surface area contributed by atoms with E-state index in [9.17, 15) is 0 Å². The molecule has 5 heteroatoms. The summed E-state index contributed by atoms with van der Waals surface area (Å²) in [5.74, 6) is 0.841. The normalized spacial score (nSPS) is 12.0. The lowest BCUT2D eigenvalue weighted by atomic mass is 10.0. The van der Waals surface area contributed by atoms with Crippen LogP contribution in [0.5, 0.6) is 0 Å². The quantitative estimate of drug-likeness (QED) is 0.150. The Hall–Kier alpha value is -7.11. The van der Waals surface area contributed by atoms with Crippen molar-refractivity contribution in [2.45, 2.75) is 0 Å². The van der Waals surface area contributed by atoms with Crippen LogP contribution in [0.1, 0.15) is 0 Å². The van der Waals surface area contributed by atoms with Gasteiger partial charge in [-0.3, -0.25) is 4.90 Å². The molecule has 54 heavy (non-hydrogen) atoms. The van der Waals surface area contributed by atoms with Crippen molar-refractivity contribution < 1.29 is 0 Å². The van der Waals surface area contributed by atoms with Gasteiger partial charge in [0.2, 0.25) is 0 Å². The van der Waals surface area contributed by atoms with Crippen LogP contribution in [0.15, 0.2) is 206 Å². The second kappa shape index (κ2) is 14.5. The summed E-state index contributed by atoms with van der Waals surface area (Å²) in [5, 5.41) is 0. The van der Waals surface area contributed by atoms with E-state index in [1.165, 1.54) is 11.4 Å². The van der Waals surface area contributed by atoms with E-state index < -0.39 is 0 Å². The lowest BCUT2D eigenvalue weighted by Gasteiger charge is -2.31. The number of benzene rings is 7. The lowest BCUT2D eigenvalue weighted by molar-refractivity contribution is 0.949. The molecule has 0 spiro atoms. The monoisotopic (exact) mass is 697 g/mol. The molecule has 0 N–H and O–H groups in total. The Morgan fingerprint density at radius 3 is 1.61 bits per heavy atom. The topological polar surface area (TPSA) is 25.9 Å². The average molecular weight is 698 g/mol. The van der Waals surface area contributed by atoms with Crippen LogP contribution in [0.2, 0.25) is 0 Å². The van der Waals surface area contributed by atoms with Crippen LogP contribution >= 0.6 is 0 Å². The lowest BCUT2D eigenvalue weighted by Crippen LogP contribution is -2.24. The molecule has 8 aromatic rings. The summed E-state index contributed by atoms with van der Waals surface area (Å²) in [5.41, 5.74) is 13.4. The van der Waals surface area contributed by atoms with Crippen molar-refractivity contribution in [3.05, 3.63) is 206 Å². The molecular formula is C49H39N5. The first-order valence-corrected chi connectivity index (χ1v) is 18.3. The first kappa shape index (κ1) is 32.8. The minimum Gasteiger partial charge on any atom is -0.355 e. The van der Waals surface area contributed by atoms with Gasteiger partial charge in [0.15, 0.2) is 0 Å². The van der Waals surface area contributed by atoms with E-state index in [1.807, 2.05) is 18.3 Å². The highest BCUT2D eigenvalue weighted by atomic mass is 15.4. The number of para-hydroxylation sites is 4. The highest BCUT2D eigenvalue weighted by Crippen LogP contribution is 2.46. The van der Waals surface area contributed by atoms with Crippen LogP contribution in [0.4, 0.5) is 51.3 Å². The number of hydrogen-bond donors (Lipinski definition) is 0. The fourth-order valence-corrected chi connectivity index (χ4v) is 7.54. The van der Waals surface area contributed by atoms with Gasteiger partial charge in [-0.15, -0.1) is 0 Å². The standard InChI is InChI=1S/C49H39N5/c1-51-36-52(48-31-13-12-30-47(48)51)39-22-16-23-40(34-39)53(45-28-10-8-26-43(45)37-18-4-2-5-19-37)41-24-17-25-42(35-41)54(49-32-14-15-33-50-49)46-29-11-9-27-44(46)38-20-6-3-7-21-38/h2-35H,36H2,1H3. The fourth-order valence-electron chi connectivity index (χ4n) is 7.54. The molecule has 0 radical (unpaired) electrons. The summed E-state index contributed by atoms with van der Waals surface area (Å²) in [6.07, 6.45) is 1.86. The molecule has 0 bridgehead atoms. The Kier molecular flexibility index (Phi) is 8.79. The van der Waals surface area contributed by atoms with E-state index in [2.05, 4.69) is 215 Å². The fraction of sp³-hybridized carbons (Fsp3) is 0.0408. The van der Waals surface area contributed by atoms with Crippen molar-refractivity contribution in [2.75, 3.05) is 33.3 Å². The molecule has 0 atom stereocenters. The van der Waals surface area contributed by atoms with Crippen molar-refractivity contribution in [1.82, 2.24) is 4.98 Å². The van der Waals surface area contributed by atoms with Gasteiger partial charge < -0.3 is 14.7 Å². The van der Waals surface area contributed by atoms with Gasteiger partial charge in [0.1, 0.15) is 5.82 Å². The molecular weight excluding hydrogens is 659 g/mol. The SMILES string of the molecule is CN1CN(c2cccc(N(c3cccc(N(c4ccccn4)c4ccccc4-c4ccccc4)c3)c3ccccc3-c3ccccc3)c2)c2ccccc21. The maximum absolute atomic E-state index is 4.89. The number of fused-ring (bicyclic) bond motifs is 1. The Labute approximate surface area is 317 Å². The van der Waals surface area contributed by atoms with Crippen molar-refractivity contribution in [3.63, 3.8) is 0 Å². The summed E-state index contributed by atoms with van der Waals surface area (Å²) in [6.45, 7) is 0.777. The first-order valence-electron chi connectivity index (χ1n) is 18.3. The predicted octanol–water partition coefficient (Wildman–Crippen LogP) is 12.9. The highest BCUT2D eigenvalue weighted by molar-refractivity contribution is 5.92. The van der Waals surface area contributed by atoms with E-state index in [-0.39, 0.29) is 0 Å². The molecule has 260 valence electrons. The van der Waals surface area contributed by atoms with Crippen molar-refractivity contribution in [3.8, 4) is 22.3 Å². The van der Waals surface area contributed by atoms with Gasteiger partial charge in [0.25, 0.3) is 0 Å². The van der Waals surface area contributed by atoms with E-state index in [1.54, 1.807) is 0 Å². The number of anilines is 9. The number of nitrogens with zero attached hydrogens (tertiary/aromatic N) is 5. The van der Waals surface area contributed by atoms with Crippen molar-refractivity contribution in [2.24, 2.45) is 0 Å². The number of rotatable bonds is 9. The Bertz CT molecular complexity index is 2520. The van der Waals surface area contributed by atoms with Crippen LogP contribution in [0.25, 0.3) is 22.3 Å². The molecule has 0 saturated carbocycles. The molecule has 2 heterocycles. The van der Waals surface area contributed by atoms with Gasteiger partial charge >= 0.3 is 0 Å². The molecule has 5 nitrogen and oxygen atoms in total. The summed E-state index contributed by atoms with van der Waals surface area (Å²) in [4.78, 5) is 14.2. The summed E-state index contributed by atoms with van der Waals surface area (Å²) in [7, 11) is 2.15. The van der Waals surface area contributed by atoms with Crippen LogP contribution in [0.3, 0.4) is 0 Å². The van der Waals surface area contributed by atoms with Gasteiger partial charge in [-0.05, 0) is 83.9 Å². The number of pyridine rings is 1. The van der Waals surface area contributed by atoms with Gasteiger partial charge in [-0.1, -0.05) is 127 Å². The van der Waals surface area contributed by atoms with Crippen LogP contribution < -0.4 is 19.6 Å². The van der Waals surface area contributed by atoms with Crippen LogP contribution in [0, 0.1) is 0 Å². The number of hydrogen-bond acceptors (Lipinski definition) is 5. The molecule has 1 aliphatic heterocycles. The smallest absolute Gasteiger partial charge is 0.137 e. The molecule has 0 unspecified atom stereocenters. The molecule has 0 fully saturated rings.